The molecule has 140 valence electrons. The van der Waals surface area contributed by atoms with Gasteiger partial charge < -0.3 is 10.2 Å². The van der Waals surface area contributed by atoms with Gasteiger partial charge in [0, 0.05) is 43.3 Å². The lowest BCUT2D eigenvalue weighted by atomic mass is 10.2. The number of piperazine rings is 1. The van der Waals surface area contributed by atoms with E-state index in [2.05, 4.69) is 46.3 Å². The molecule has 0 spiro atoms. The number of nitrogens with one attached hydrogen (secondary N) is 1. The third kappa shape index (κ3) is 5.32. The molecule has 1 N–H and O–H groups in total. The highest BCUT2D eigenvalue weighted by Gasteiger charge is 2.16. The maximum absolute atomic E-state index is 12.0. The van der Waals surface area contributed by atoms with Crippen molar-refractivity contribution in [3.05, 3.63) is 51.7 Å². The molecule has 0 atom stereocenters. The summed E-state index contributed by atoms with van der Waals surface area (Å²) in [7, 11) is 0. The maximum Gasteiger partial charge on any atom is 0.261 e. The Morgan fingerprint density at radius 1 is 1.08 bits per heavy atom. The van der Waals surface area contributed by atoms with E-state index in [9.17, 15) is 4.79 Å². The van der Waals surface area contributed by atoms with Gasteiger partial charge in [0.2, 0.25) is 0 Å². The number of carbonyl (C=O) groups is 1. The highest BCUT2D eigenvalue weighted by Crippen LogP contribution is 2.18. The number of amides is 1. The van der Waals surface area contributed by atoms with Crippen molar-refractivity contribution in [3.63, 3.8) is 0 Å². The van der Waals surface area contributed by atoms with Gasteiger partial charge in [-0.25, -0.2) is 0 Å². The van der Waals surface area contributed by atoms with Gasteiger partial charge in [-0.2, -0.15) is 0 Å². The minimum absolute atomic E-state index is 0.0647. The van der Waals surface area contributed by atoms with E-state index >= 15 is 0 Å². The van der Waals surface area contributed by atoms with Crippen LogP contribution in [0.1, 0.15) is 33.0 Å². The average molecular weight is 372 g/mol. The summed E-state index contributed by atoms with van der Waals surface area (Å²) in [6.07, 6.45) is 2.17. The first kappa shape index (κ1) is 18.9. The molecule has 1 amide bonds. The molecule has 26 heavy (non-hydrogen) atoms. The maximum atomic E-state index is 12.0. The van der Waals surface area contributed by atoms with Gasteiger partial charge in [0.25, 0.3) is 5.91 Å². The lowest BCUT2D eigenvalue weighted by Gasteiger charge is -2.36. The molecule has 0 saturated carbocycles. The average Bonchev–Trinajstić information content (AvgIpc) is 3.08. The largest absolute Gasteiger partial charge is 0.369 e. The Bertz CT molecular complexity index is 720. The number of thiophene rings is 1. The summed E-state index contributed by atoms with van der Waals surface area (Å²) in [5, 5.41) is 3.03. The Balaban J connectivity index is 1.30. The van der Waals surface area contributed by atoms with Gasteiger partial charge >= 0.3 is 0 Å². The van der Waals surface area contributed by atoms with Gasteiger partial charge in [-0.1, -0.05) is 12.1 Å². The van der Waals surface area contributed by atoms with E-state index in [4.69, 9.17) is 0 Å². The Labute approximate surface area is 160 Å². The molecule has 2 heterocycles. The minimum atomic E-state index is 0.0647. The zero-order valence-electron chi connectivity index (χ0n) is 15.8. The molecule has 2 aromatic rings. The van der Waals surface area contributed by atoms with Gasteiger partial charge in [0.1, 0.15) is 0 Å². The fourth-order valence-electron chi connectivity index (χ4n) is 3.36. The van der Waals surface area contributed by atoms with E-state index in [0.29, 0.717) is 0 Å². The van der Waals surface area contributed by atoms with Crippen LogP contribution >= 0.6 is 11.3 Å². The second-order valence-electron chi connectivity index (χ2n) is 7.04. The van der Waals surface area contributed by atoms with Crippen molar-refractivity contribution in [2.75, 3.05) is 44.2 Å². The number of unbranched alkanes of at least 4 members (excludes halogenated alkanes) is 1. The van der Waals surface area contributed by atoms with Crippen molar-refractivity contribution in [1.82, 2.24) is 10.2 Å². The van der Waals surface area contributed by atoms with Crippen molar-refractivity contribution < 1.29 is 4.79 Å². The van der Waals surface area contributed by atoms with E-state index in [1.54, 1.807) is 11.3 Å². The number of anilines is 1. The fraction of sp³-hybridized carbons (Fsp3) is 0.476. The number of nitrogens with zero attached hydrogens (tertiary/aromatic N) is 2. The van der Waals surface area contributed by atoms with Crippen LogP contribution in [-0.2, 0) is 0 Å². The highest BCUT2D eigenvalue weighted by molar-refractivity contribution is 7.13. The van der Waals surface area contributed by atoms with E-state index in [1.165, 1.54) is 16.1 Å². The van der Waals surface area contributed by atoms with Crippen LogP contribution in [-0.4, -0.2) is 50.1 Å². The molecule has 0 aliphatic carbocycles. The normalized spacial score (nSPS) is 15.2. The van der Waals surface area contributed by atoms with Crippen LogP contribution in [0.5, 0.6) is 0 Å². The lowest BCUT2D eigenvalue weighted by Crippen LogP contribution is -2.46. The first-order chi connectivity index (χ1) is 12.6. The van der Waals surface area contributed by atoms with Crippen LogP contribution in [0, 0.1) is 13.8 Å². The Morgan fingerprint density at radius 2 is 1.88 bits per heavy atom. The van der Waals surface area contributed by atoms with Gasteiger partial charge in [0.15, 0.2) is 0 Å². The minimum Gasteiger partial charge on any atom is -0.369 e. The van der Waals surface area contributed by atoms with Crippen molar-refractivity contribution in [2.45, 2.75) is 26.7 Å². The van der Waals surface area contributed by atoms with Crippen molar-refractivity contribution in [1.29, 1.82) is 0 Å². The van der Waals surface area contributed by atoms with E-state index < -0.39 is 0 Å². The number of hydrogen-bond donors (Lipinski definition) is 1. The lowest BCUT2D eigenvalue weighted by molar-refractivity contribution is 0.0956. The third-order valence-corrected chi connectivity index (χ3v) is 5.89. The van der Waals surface area contributed by atoms with Gasteiger partial charge in [-0.3, -0.25) is 9.69 Å². The first-order valence-electron chi connectivity index (χ1n) is 9.50. The molecule has 5 heteroatoms. The van der Waals surface area contributed by atoms with Crippen LogP contribution < -0.4 is 10.2 Å². The molecule has 1 saturated heterocycles. The zero-order chi connectivity index (χ0) is 18.4. The molecule has 4 nitrogen and oxygen atoms in total. The standard InChI is InChI=1S/C21H29N3OS/c1-17-6-5-7-19(16-17)24-14-12-23(13-15-24)11-4-3-10-22-21(25)20-9-8-18(2)26-20/h5-9,16H,3-4,10-15H2,1-2H3,(H,22,25). The molecule has 1 aliphatic rings. The summed E-state index contributed by atoms with van der Waals surface area (Å²) in [4.78, 5) is 19.0. The molecule has 1 aliphatic heterocycles. The predicted octanol–water partition coefficient (Wildman–Crippen LogP) is 3.70. The van der Waals surface area contributed by atoms with E-state index in [-0.39, 0.29) is 5.91 Å². The summed E-state index contributed by atoms with van der Waals surface area (Å²) in [5.41, 5.74) is 2.67. The van der Waals surface area contributed by atoms with E-state index in [1.807, 2.05) is 19.1 Å². The number of benzene rings is 1. The molecule has 1 aromatic carbocycles. The van der Waals surface area contributed by atoms with Crippen LogP contribution in [0.3, 0.4) is 0 Å². The first-order valence-corrected chi connectivity index (χ1v) is 10.3. The summed E-state index contributed by atoms with van der Waals surface area (Å²) >= 11 is 1.56. The second-order valence-corrected chi connectivity index (χ2v) is 8.33. The van der Waals surface area contributed by atoms with E-state index in [0.717, 1.165) is 57.0 Å². The number of aryl methyl sites for hydroxylation is 2. The monoisotopic (exact) mass is 371 g/mol. The fourth-order valence-corrected chi connectivity index (χ4v) is 4.14. The molecule has 3 rings (SSSR count). The summed E-state index contributed by atoms with van der Waals surface area (Å²) in [5.74, 6) is 0.0647. The third-order valence-electron chi connectivity index (χ3n) is 4.89. The van der Waals surface area contributed by atoms with Crippen molar-refractivity contribution >= 4 is 22.9 Å². The predicted molar refractivity (Wildman–Crippen MR) is 110 cm³/mol. The Kier molecular flexibility index (Phi) is 6.69. The number of carbonyl (C=O) groups excluding carboxylic acids is 1. The molecule has 0 radical (unpaired) electrons. The summed E-state index contributed by atoms with van der Waals surface area (Å²) in [6.45, 7) is 10.5. The van der Waals surface area contributed by atoms with Crippen LogP contribution in [0.15, 0.2) is 36.4 Å². The smallest absolute Gasteiger partial charge is 0.261 e. The quantitative estimate of drug-likeness (QED) is 0.754. The molecule has 0 unspecified atom stereocenters. The Hall–Kier alpha value is -1.85. The zero-order valence-corrected chi connectivity index (χ0v) is 16.6. The van der Waals surface area contributed by atoms with Gasteiger partial charge in [-0.15, -0.1) is 11.3 Å². The molecular formula is C21H29N3OS. The Morgan fingerprint density at radius 3 is 2.58 bits per heavy atom. The second kappa shape index (κ2) is 9.19. The molecule has 0 bridgehead atoms. The van der Waals surface area contributed by atoms with Crippen molar-refractivity contribution in [2.24, 2.45) is 0 Å². The summed E-state index contributed by atoms with van der Waals surface area (Å²) in [6, 6.07) is 12.7. The number of rotatable bonds is 7. The SMILES string of the molecule is Cc1cccc(N2CCN(CCCCNC(=O)c3ccc(C)s3)CC2)c1. The van der Waals surface area contributed by atoms with Crippen LogP contribution in [0.4, 0.5) is 5.69 Å². The van der Waals surface area contributed by atoms with Gasteiger partial charge in [-0.05, 0) is 63.1 Å². The van der Waals surface area contributed by atoms with Gasteiger partial charge in [0.05, 0.1) is 4.88 Å². The van der Waals surface area contributed by atoms with Crippen LogP contribution in [0.25, 0.3) is 0 Å². The number of hydrogen-bond acceptors (Lipinski definition) is 4. The molecular weight excluding hydrogens is 342 g/mol. The van der Waals surface area contributed by atoms with Crippen LogP contribution in [0.2, 0.25) is 0 Å². The molecule has 1 fully saturated rings. The van der Waals surface area contributed by atoms with Crippen molar-refractivity contribution in [3.8, 4) is 0 Å². The topological polar surface area (TPSA) is 35.6 Å². The summed E-state index contributed by atoms with van der Waals surface area (Å²) < 4.78 is 0. The molecule has 1 aromatic heterocycles. The highest BCUT2D eigenvalue weighted by atomic mass is 32.1.